The Bertz CT molecular complexity index is 1090. The minimum Gasteiger partial charge on any atom is -0.302 e. The van der Waals surface area contributed by atoms with Crippen LogP contribution in [0, 0.1) is 12.7 Å². The minimum absolute atomic E-state index is 0.256. The summed E-state index contributed by atoms with van der Waals surface area (Å²) in [6.45, 7) is 4.90. The summed E-state index contributed by atoms with van der Waals surface area (Å²) in [5.74, 6) is 1.22. The van der Waals surface area contributed by atoms with Crippen LogP contribution in [0.3, 0.4) is 0 Å². The van der Waals surface area contributed by atoms with Gasteiger partial charge >= 0.3 is 0 Å². The average Bonchev–Trinajstić information content (AvgIpc) is 3.34. The van der Waals surface area contributed by atoms with E-state index in [-0.39, 0.29) is 5.82 Å². The Morgan fingerprint density at radius 2 is 1.86 bits per heavy atom. The lowest BCUT2D eigenvalue weighted by Gasteiger charge is -2.06. The Morgan fingerprint density at radius 3 is 2.61 bits per heavy atom. The van der Waals surface area contributed by atoms with Crippen molar-refractivity contribution in [2.75, 3.05) is 0 Å². The third kappa shape index (κ3) is 3.86. The fraction of sp³-hybridized carbons (Fsp3) is 0.190. The molecule has 0 spiro atoms. The molecule has 0 radical (unpaired) electrons. The maximum Gasteiger partial charge on any atom is 0.191 e. The molecular formula is C21H19FN4S2. The zero-order valence-electron chi connectivity index (χ0n) is 15.6. The molecule has 0 bridgehead atoms. The largest absolute Gasteiger partial charge is 0.302 e. The van der Waals surface area contributed by atoms with E-state index in [0.717, 1.165) is 39.5 Å². The standard InChI is InChI=1S/C21H19FN4S2/c1-3-26-19(15-8-10-16(22)11-9-15)24-25-21(26)28-13-17-12-27-20(23-17)18-7-5-4-6-14(18)2/h4-12H,3,13H2,1-2H3. The second-order valence-corrected chi connectivity index (χ2v) is 8.11. The predicted octanol–water partition coefficient (Wildman–Crippen LogP) is 5.83. The third-order valence-corrected chi connectivity index (χ3v) is 6.34. The van der Waals surface area contributed by atoms with Crippen molar-refractivity contribution in [3.8, 4) is 22.0 Å². The van der Waals surface area contributed by atoms with Gasteiger partial charge in [-0.05, 0) is 43.7 Å². The molecule has 2 aromatic heterocycles. The Morgan fingerprint density at radius 1 is 1.07 bits per heavy atom. The number of aryl methyl sites for hydroxylation is 1. The number of thioether (sulfide) groups is 1. The van der Waals surface area contributed by atoms with E-state index < -0.39 is 0 Å². The molecular weight excluding hydrogens is 391 g/mol. The van der Waals surface area contributed by atoms with Gasteiger partial charge in [-0.25, -0.2) is 9.37 Å². The van der Waals surface area contributed by atoms with Gasteiger partial charge in [-0.15, -0.1) is 21.5 Å². The van der Waals surface area contributed by atoms with E-state index in [2.05, 4.69) is 41.6 Å². The molecule has 0 aliphatic carbocycles. The first kappa shape index (κ1) is 18.8. The monoisotopic (exact) mass is 410 g/mol. The van der Waals surface area contributed by atoms with Gasteiger partial charge in [-0.3, -0.25) is 0 Å². The van der Waals surface area contributed by atoms with Crippen LogP contribution in [0.2, 0.25) is 0 Å². The molecule has 0 aliphatic heterocycles. The molecule has 4 aromatic rings. The highest BCUT2D eigenvalue weighted by molar-refractivity contribution is 7.98. The molecule has 0 N–H and O–H groups in total. The molecule has 4 rings (SSSR count). The first-order valence-corrected chi connectivity index (χ1v) is 10.8. The Balaban J connectivity index is 1.51. The normalized spacial score (nSPS) is 11.1. The van der Waals surface area contributed by atoms with E-state index in [1.165, 1.54) is 23.3 Å². The van der Waals surface area contributed by atoms with Crippen molar-refractivity contribution in [3.63, 3.8) is 0 Å². The number of benzene rings is 2. The number of hydrogen-bond acceptors (Lipinski definition) is 5. The zero-order chi connectivity index (χ0) is 19.5. The lowest BCUT2D eigenvalue weighted by Crippen LogP contribution is -2.00. The summed E-state index contributed by atoms with van der Waals surface area (Å²) in [5, 5.41) is 12.6. The van der Waals surface area contributed by atoms with Crippen LogP contribution in [-0.4, -0.2) is 19.7 Å². The molecule has 0 aliphatic rings. The molecule has 2 heterocycles. The maximum atomic E-state index is 13.2. The summed E-state index contributed by atoms with van der Waals surface area (Å²) in [6.07, 6.45) is 0. The van der Waals surface area contributed by atoms with Crippen LogP contribution in [0.1, 0.15) is 18.2 Å². The van der Waals surface area contributed by atoms with E-state index in [1.54, 1.807) is 35.2 Å². The lowest BCUT2D eigenvalue weighted by molar-refractivity contribution is 0.627. The SMILES string of the molecule is CCn1c(SCc2csc(-c3ccccc3C)n2)nnc1-c1ccc(F)cc1. The van der Waals surface area contributed by atoms with E-state index in [1.807, 2.05) is 16.7 Å². The topological polar surface area (TPSA) is 43.6 Å². The van der Waals surface area contributed by atoms with Crippen LogP contribution in [0.5, 0.6) is 0 Å². The van der Waals surface area contributed by atoms with Crippen molar-refractivity contribution in [2.45, 2.75) is 31.3 Å². The van der Waals surface area contributed by atoms with Crippen molar-refractivity contribution >= 4 is 23.1 Å². The molecule has 0 saturated heterocycles. The summed E-state index contributed by atoms with van der Waals surface area (Å²) in [7, 11) is 0. The van der Waals surface area contributed by atoms with Crippen molar-refractivity contribution in [1.29, 1.82) is 0 Å². The molecule has 7 heteroatoms. The molecule has 142 valence electrons. The second kappa shape index (κ2) is 8.24. The van der Waals surface area contributed by atoms with Crippen molar-refractivity contribution < 1.29 is 4.39 Å². The van der Waals surface area contributed by atoms with Gasteiger partial charge in [0.2, 0.25) is 0 Å². The number of aromatic nitrogens is 4. The molecule has 4 nitrogen and oxygen atoms in total. The minimum atomic E-state index is -0.256. The number of hydrogen-bond donors (Lipinski definition) is 0. The highest BCUT2D eigenvalue weighted by atomic mass is 32.2. The van der Waals surface area contributed by atoms with E-state index in [4.69, 9.17) is 4.98 Å². The quantitative estimate of drug-likeness (QED) is 0.375. The van der Waals surface area contributed by atoms with Crippen LogP contribution in [0.25, 0.3) is 22.0 Å². The highest BCUT2D eigenvalue weighted by Crippen LogP contribution is 2.30. The smallest absolute Gasteiger partial charge is 0.191 e. The zero-order valence-corrected chi connectivity index (χ0v) is 17.2. The van der Waals surface area contributed by atoms with Gasteiger partial charge in [0.1, 0.15) is 10.8 Å². The summed E-state index contributed by atoms with van der Waals surface area (Å²) in [5.41, 5.74) is 4.30. The third-order valence-electron chi connectivity index (χ3n) is 4.41. The van der Waals surface area contributed by atoms with Crippen molar-refractivity contribution in [2.24, 2.45) is 0 Å². The van der Waals surface area contributed by atoms with Gasteiger partial charge in [-0.2, -0.15) is 0 Å². The second-order valence-electron chi connectivity index (χ2n) is 6.30. The van der Waals surface area contributed by atoms with E-state index in [0.29, 0.717) is 0 Å². The highest BCUT2D eigenvalue weighted by Gasteiger charge is 2.14. The van der Waals surface area contributed by atoms with Crippen molar-refractivity contribution in [1.82, 2.24) is 19.7 Å². The molecule has 28 heavy (non-hydrogen) atoms. The Labute approximate surface area is 171 Å². The predicted molar refractivity (Wildman–Crippen MR) is 113 cm³/mol. The first-order chi connectivity index (χ1) is 13.7. The van der Waals surface area contributed by atoms with Gasteiger partial charge in [-0.1, -0.05) is 36.0 Å². The number of halogens is 1. The van der Waals surface area contributed by atoms with Crippen LogP contribution in [0.4, 0.5) is 4.39 Å². The summed E-state index contributed by atoms with van der Waals surface area (Å²) in [6, 6.07) is 14.6. The van der Waals surface area contributed by atoms with Crippen molar-refractivity contribution in [3.05, 3.63) is 71.0 Å². The summed E-state index contributed by atoms with van der Waals surface area (Å²) >= 11 is 3.28. The van der Waals surface area contributed by atoms with Crippen LogP contribution in [0.15, 0.2) is 59.1 Å². The van der Waals surface area contributed by atoms with Crippen LogP contribution < -0.4 is 0 Å². The number of thiazole rings is 1. The fourth-order valence-electron chi connectivity index (χ4n) is 2.94. The fourth-order valence-corrected chi connectivity index (χ4v) is 4.85. The first-order valence-electron chi connectivity index (χ1n) is 8.98. The number of rotatable bonds is 6. The number of nitrogens with zero attached hydrogens (tertiary/aromatic N) is 4. The molecule has 0 fully saturated rings. The lowest BCUT2D eigenvalue weighted by atomic mass is 10.1. The van der Waals surface area contributed by atoms with Crippen LogP contribution >= 0.6 is 23.1 Å². The summed E-state index contributed by atoms with van der Waals surface area (Å²) < 4.78 is 15.2. The van der Waals surface area contributed by atoms with Gasteiger partial charge in [0.05, 0.1) is 5.69 Å². The summed E-state index contributed by atoms with van der Waals surface area (Å²) in [4.78, 5) is 4.79. The molecule has 0 saturated carbocycles. The molecule has 2 aromatic carbocycles. The Kier molecular flexibility index (Phi) is 5.54. The van der Waals surface area contributed by atoms with Gasteiger partial charge in [0, 0.05) is 28.8 Å². The molecule has 0 atom stereocenters. The van der Waals surface area contributed by atoms with Gasteiger partial charge in [0.15, 0.2) is 11.0 Å². The maximum absolute atomic E-state index is 13.2. The van der Waals surface area contributed by atoms with Gasteiger partial charge < -0.3 is 4.57 Å². The van der Waals surface area contributed by atoms with E-state index in [9.17, 15) is 4.39 Å². The Hall–Kier alpha value is -2.51. The molecule has 0 unspecified atom stereocenters. The van der Waals surface area contributed by atoms with E-state index >= 15 is 0 Å². The van der Waals surface area contributed by atoms with Crippen LogP contribution in [-0.2, 0) is 12.3 Å². The average molecular weight is 411 g/mol. The van der Waals surface area contributed by atoms with Gasteiger partial charge in [0.25, 0.3) is 0 Å². The molecule has 0 amide bonds.